The lowest BCUT2D eigenvalue weighted by Crippen LogP contribution is -2.44. The quantitative estimate of drug-likeness (QED) is 0.922. The second-order valence-corrected chi connectivity index (χ2v) is 6.35. The first-order valence-electron chi connectivity index (χ1n) is 8.10. The molecule has 2 unspecified atom stereocenters. The summed E-state index contributed by atoms with van der Waals surface area (Å²) in [6.07, 6.45) is 0.575. The molecule has 0 fully saturated rings. The molecule has 0 aliphatic carbocycles. The highest BCUT2D eigenvalue weighted by Gasteiger charge is 2.38. The summed E-state index contributed by atoms with van der Waals surface area (Å²) >= 11 is 0. The number of fused-ring (bicyclic) bond motifs is 2. The smallest absolute Gasteiger partial charge is 0.238 e. The zero-order valence-corrected chi connectivity index (χ0v) is 13.1. The van der Waals surface area contributed by atoms with E-state index in [-0.39, 0.29) is 25.0 Å². The first kappa shape index (κ1) is 15.1. The van der Waals surface area contributed by atoms with E-state index in [9.17, 15) is 14.3 Å². The molecule has 5 heteroatoms. The van der Waals surface area contributed by atoms with Gasteiger partial charge in [-0.2, -0.15) is 0 Å². The monoisotopic (exact) mass is 327 g/mol. The second-order valence-electron chi connectivity index (χ2n) is 6.35. The highest BCUT2D eigenvalue weighted by Crippen LogP contribution is 2.38. The van der Waals surface area contributed by atoms with Crippen LogP contribution in [-0.4, -0.2) is 30.8 Å². The van der Waals surface area contributed by atoms with Gasteiger partial charge in [0.05, 0.1) is 5.69 Å². The van der Waals surface area contributed by atoms with Crippen LogP contribution in [0.15, 0.2) is 42.5 Å². The van der Waals surface area contributed by atoms with Crippen LogP contribution >= 0.6 is 0 Å². The number of hydrogen-bond acceptors (Lipinski definition) is 3. The Hall–Kier alpha value is -2.40. The summed E-state index contributed by atoms with van der Waals surface area (Å²) in [5, 5.41) is 9.55. The van der Waals surface area contributed by atoms with Gasteiger partial charge in [0.25, 0.3) is 0 Å². The van der Waals surface area contributed by atoms with Gasteiger partial charge in [0, 0.05) is 24.6 Å². The van der Waals surface area contributed by atoms with Crippen LogP contribution in [0.3, 0.4) is 0 Å². The van der Waals surface area contributed by atoms with Gasteiger partial charge in [0.1, 0.15) is 24.1 Å². The minimum atomic E-state index is -0.439. The van der Waals surface area contributed by atoms with Gasteiger partial charge in [-0.1, -0.05) is 30.3 Å². The lowest BCUT2D eigenvalue weighted by atomic mass is 9.90. The molecule has 2 heterocycles. The van der Waals surface area contributed by atoms with E-state index in [4.69, 9.17) is 4.74 Å². The molecule has 0 saturated carbocycles. The Morgan fingerprint density at radius 1 is 1.25 bits per heavy atom. The van der Waals surface area contributed by atoms with Gasteiger partial charge in [0.2, 0.25) is 5.91 Å². The molecule has 4 nitrogen and oxygen atoms in total. The van der Waals surface area contributed by atoms with Crippen LogP contribution < -0.4 is 9.64 Å². The van der Waals surface area contributed by atoms with Gasteiger partial charge in [0.15, 0.2) is 0 Å². The lowest BCUT2D eigenvalue weighted by Gasteiger charge is -2.35. The highest BCUT2D eigenvalue weighted by molar-refractivity contribution is 6.00. The molecule has 2 aliphatic rings. The van der Waals surface area contributed by atoms with Gasteiger partial charge in [-0.15, -0.1) is 0 Å². The molecule has 2 aromatic carbocycles. The van der Waals surface area contributed by atoms with Crippen molar-refractivity contribution in [1.29, 1.82) is 0 Å². The number of aliphatic hydroxyl groups is 1. The maximum absolute atomic E-state index is 14.4. The Labute approximate surface area is 139 Å². The predicted molar refractivity (Wildman–Crippen MR) is 87.7 cm³/mol. The number of carbonyl (C=O) groups is 1. The fraction of sp³-hybridized carbons (Fsp3) is 0.316. The van der Waals surface area contributed by atoms with Crippen LogP contribution in [-0.2, 0) is 11.2 Å². The van der Waals surface area contributed by atoms with E-state index >= 15 is 0 Å². The van der Waals surface area contributed by atoms with E-state index < -0.39 is 11.7 Å². The lowest BCUT2D eigenvalue weighted by molar-refractivity contribution is -0.120. The summed E-state index contributed by atoms with van der Waals surface area (Å²) in [5.41, 5.74) is 1.95. The number of rotatable bonds is 2. The Balaban J connectivity index is 1.73. The largest absolute Gasteiger partial charge is 0.492 e. The average molecular weight is 327 g/mol. The molecular formula is C19H18FNO3. The van der Waals surface area contributed by atoms with E-state index in [2.05, 4.69) is 0 Å². The molecule has 1 N–H and O–H groups in total. The van der Waals surface area contributed by atoms with E-state index in [1.54, 1.807) is 6.07 Å². The third kappa shape index (κ3) is 2.36. The first-order chi connectivity index (χ1) is 11.7. The van der Waals surface area contributed by atoms with Crippen LogP contribution in [0.4, 0.5) is 10.1 Å². The SMILES string of the molecule is O=C(C1COc2ccccc21)N1CC(CO)Cc2cccc(F)c21. The van der Waals surface area contributed by atoms with Crippen molar-refractivity contribution in [2.45, 2.75) is 12.3 Å². The van der Waals surface area contributed by atoms with E-state index in [1.807, 2.05) is 30.3 Å². The van der Waals surface area contributed by atoms with Crippen LogP contribution in [0.2, 0.25) is 0 Å². The Bertz CT molecular complexity index is 792. The first-order valence-corrected chi connectivity index (χ1v) is 8.10. The maximum atomic E-state index is 14.4. The van der Waals surface area contributed by atoms with Crippen molar-refractivity contribution in [2.24, 2.45) is 5.92 Å². The zero-order chi connectivity index (χ0) is 16.7. The predicted octanol–water partition coefficient (Wildman–Crippen LogP) is 2.50. The fourth-order valence-electron chi connectivity index (χ4n) is 3.63. The summed E-state index contributed by atoms with van der Waals surface area (Å²) in [6.45, 7) is 0.557. The number of aliphatic hydroxyl groups excluding tert-OH is 1. The Morgan fingerprint density at radius 2 is 2.08 bits per heavy atom. The summed E-state index contributed by atoms with van der Waals surface area (Å²) in [7, 11) is 0. The van der Waals surface area contributed by atoms with Crippen molar-refractivity contribution in [3.05, 3.63) is 59.4 Å². The molecule has 2 atom stereocenters. The summed E-state index contributed by atoms with van der Waals surface area (Å²) in [4.78, 5) is 14.6. The number of amides is 1. The molecule has 0 bridgehead atoms. The van der Waals surface area contributed by atoms with Crippen molar-refractivity contribution < 1.29 is 19.0 Å². The molecule has 24 heavy (non-hydrogen) atoms. The average Bonchev–Trinajstić information content (AvgIpc) is 3.04. The normalized spacial score (nSPS) is 21.8. The molecule has 2 aliphatic heterocycles. The van der Waals surface area contributed by atoms with Crippen molar-refractivity contribution in [1.82, 2.24) is 0 Å². The number of nitrogens with zero attached hydrogens (tertiary/aromatic N) is 1. The third-order valence-electron chi connectivity index (χ3n) is 4.81. The topological polar surface area (TPSA) is 49.8 Å². The number of halogens is 1. The second kappa shape index (κ2) is 5.91. The van der Waals surface area contributed by atoms with E-state index in [1.165, 1.54) is 11.0 Å². The highest BCUT2D eigenvalue weighted by atomic mass is 19.1. The summed E-state index contributed by atoms with van der Waals surface area (Å²) < 4.78 is 20.0. The Kier molecular flexibility index (Phi) is 3.73. The van der Waals surface area contributed by atoms with E-state index in [0.29, 0.717) is 24.4 Å². The van der Waals surface area contributed by atoms with E-state index in [0.717, 1.165) is 11.1 Å². The molecule has 0 saturated heterocycles. The van der Waals surface area contributed by atoms with Crippen LogP contribution in [0.1, 0.15) is 17.0 Å². The number of benzene rings is 2. The van der Waals surface area contributed by atoms with Crippen molar-refractivity contribution in [3.63, 3.8) is 0 Å². The maximum Gasteiger partial charge on any atom is 0.238 e. The summed E-state index contributed by atoms with van der Waals surface area (Å²) in [6, 6.07) is 12.3. The molecule has 124 valence electrons. The van der Waals surface area contributed by atoms with Crippen LogP contribution in [0.25, 0.3) is 0 Å². The molecule has 4 rings (SSSR count). The van der Waals surface area contributed by atoms with Gasteiger partial charge in [-0.3, -0.25) is 4.79 Å². The van der Waals surface area contributed by atoms with Crippen molar-refractivity contribution >= 4 is 11.6 Å². The number of anilines is 1. The number of hydrogen-bond donors (Lipinski definition) is 1. The van der Waals surface area contributed by atoms with Crippen molar-refractivity contribution in [2.75, 3.05) is 24.7 Å². The molecule has 0 radical (unpaired) electrons. The third-order valence-corrected chi connectivity index (χ3v) is 4.81. The molecule has 0 spiro atoms. The minimum absolute atomic E-state index is 0.0303. The fourth-order valence-corrected chi connectivity index (χ4v) is 3.63. The van der Waals surface area contributed by atoms with Gasteiger partial charge < -0.3 is 14.7 Å². The van der Waals surface area contributed by atoms with Gasteiger partial charge in [-0.05, 0) is 24.1 Å². The van der Waals surface area contributed by atoms with Crippen molar-refractivity contribution in [3.8, 4) is 5.75 Å². The standard InChI is InChI=1S/C19H18FNO3/c20-16-6-3-4-13-8-12(10-22)9-21(18(13)16)19(23)15-11-24-17-7-2-1-5-14(15)17/h1-7,12,15,22H,8-11H2. The molecular weight excluding hydrogens is 309 g/mol. The number of carbonyl (C=O) groups excluding carboxylic acids is 1. The number of para-hydroxylation sites is 2. The minimum Gasteiger partial charge on any atom is -0.492 e. The van der Waals surface area contributed by atoms with Gasteiger partial charge in [-0.25, -0.2) is 4.39 Å². The van der Waals surface area contributed by atoms with Gasteiger partial charge >= 0.3 is 0 Å². The molecule has 1 amide bonds. The van der Waals surface area contributed by atoms with Crippen LogP contribution in [0, 0.1) is 11.7 Å². The number of ether oxygens (including phenoxy) is 1. The van der Waals surface area contributed by atoms with Crippen LogP contribution in [0.5, 0.6) is 5.75 Å². The Morgan fingerprint density at radius 3 is 2.92 bits per heavy atom. The zero-order valence-electron chi connectivity index (χ0n) is 13.1. The molecule has 0 aromatic heterocycles. The summed E-state index contributed by atoms with van der Waals surface area (Å²) in [5.74, 6) is -0.388. The molecule has 2 aromatic rings.